The van der Waals surface area contributed by atoms with Crippen molar-refractivity contribution in [3.8, 4) is 28.1 Å². The third-order valence-corrected chi connectivity index (χ3v) is 7.34. The number of halogens is 1. The number of aromatic hydroxyl groups is 1. The molecule has 7 nitrogen and oxygen atoms in total. The zero-order valence-electron chi connectivity index (χ0n) is 23.0. The van der Waals surface area contributed by atoms with Crippen LogP contribution in [-0.4, -0.2) is 45.8 Å². The number of amides is 1. The topological polar surface area (TPSA) is 103 Å². The minimum absolute atomic E-state index is 0.0493. The first kappa shape index (κ1) is 28.1. The molecule has 0 radical (unpaired) electrons. The lowest BCUT2D eigenvalue weighted by Crippen LogP contribution is -2.38. The van der Waals surface area contributed by atoms with E-state index >= 15 is 0 Å². The summed E-state index contributed by atoms with van der Waals surface area (Å²) >= 11 is 0. The number of carbonyl (C=O) groups excluding carboxylic acids is 2. The smallest absolute Gasteiger partial charge is 0.308 e. The molecule has 5 rings (SSSR count). The molecular formula is C33H33FN2O5. The molecule has 2 heterocycles. The Morgan fingerprint density at radius 3 is 2.37 bits per heavy atom. The highest BCUT2D eigenvalue weighted by Crippen LogP contribution is 2.41. The number of rotatable bonds is 8. The van der Waals surface area contributed by atoms with Gasteiger partial charge in [0.15, 0.2) is 0 Å². The lowest BCUT2D eigenvalue weighted by molar-refractivity contribution is -0.160. The molecule has 41 heavy (non-hydrogen) atoms. The van der Waals surface area contributed by atoms with Gasteiger partial charge >= 0.3 is 5.97 Å². The second-order valence-electron chi connectivity index (χ2n) is 10.6. The van der Waals surface area contributed by atoms with Crippen LogP contribution in [0.5, 0.6) is 5.75 Å². The molecule has 8 heteroatoms. The summed E-state index contributed by atoms with van der Waals surface area (Å²) in [6.07, 6.45) is -0.857. The lowest BCUT2D eigenvalue weighted by atomic mass is 9.93. The number of aromatic nitrogens is 1. The van der Waals surface area contributed by atoms with E-state index in [1.807, 2.05) is 44.2 Å². The summed E-state index contributed by atoms with van der Waals surface area (Å²) in [5.74, 6) is -1.32. The maximum atomic E-state index is 14.7. The predicted molar refractivity (Wildman–Crippen MR) is 155 cm³/mol. The Labute approximate surface area is 238 Å². The van der Waals surface area contributed by atoms with Gasteiger partial charge in [-0.1, -0.05) is 56.3 Å². The summed E-state index contributed by atoms with van der Waals surface area (Å²) < 4.78 is 19.3. The van der Waals surface area contributed by atoms with Crippen molar-refractivity contribution in [2.24, 2.45) is 0 Å². The van der Waals surface area contributed by atoms with Crippen LogP contribution in [0.25, 0.3) is 22.4 Å². The quantitative estimate of drug-likeness (QED) is 0.217. The van der Waals surface area contributed by atoms with E-state index in [2.05, 4.69) is 4.98 Å². The summed E-state index contributed by atoms with van der Waals surface area (Å²) in [6.45, 7) is 4.10. The Balaban J connectivity index is 1.65. The summed E-state index contributed by atoms with van der Waals surface area (Å²) in [4.78, 5) is 31.6. The molecule has 1 aliphatic heterocycles. The number of esters is 1. The zero-order valence-corrected chi connectivity index (χ0v) is 23.0. The van der Waals surface area contributed by atoms with Crippen molar-refractivity contribution in [3.63, 3.8) is 0 Å². The minimum atomic E-state index is -0.796. The number of benzene rings is 3. The van der Waals surface area contributed by atoms with Gasteiger partial charge in [0.25, 0.3) is 5.91 Å². The fourth-order valence-corrected chi connectivity index (χ4v) is 5.37. The van der Waals surface area contributed by atoms with Gasteiger partial charge in [-0.25, -0.2) is 4.39 Å². The van der Waals surface area contributed by atoms with E-state index in [4.69, 9.17) is 4.74 Å². The van der Waals surface area contributed by atoms with Crippen LogP contribution in [0.15, 0.2) is 78.9 Å². The Morgan fingerprint density at radius 2 is 1.71 bits per heavy atom. The zero-order chi connectivity index (χ0) is 29.1. The van der Waals surface area contributed by atoms with Crippen molar-refractivity contribution in [2.75, 3.05) is 11.4 Å². The second-order valence-corrected chi connectivity index (χ2v) is 10.6. The number of phenols is 1. The first-order valence-electron chi connectivity index (χ1n) is 13.8. The van der Waals surface area contributed by atoms with Gasteiger partial charge in [-0.3, -0.25) is 9.59 Å². The maximum Gasteiger partial charge on any atom is 0.308 e. The molecule has 0 unspecified atom stereocenters. The molecule has 1 amide bonds. The number of hydrogen-bond acceptors (Lipinski definition) is 5. The van der Waals surface area contributed by atoms with Crippen LogP contribution in [0.2, 0.25) is 0 Å². The molecule has 1 aromatic heterocycles. The Hall–Kier alpha value is -4.43. The van der Waals surface area contributed by atoms with Crippen molar-refractivity contribution >= 4 is 17.6 Å². The third-order valence-electron chi connectivity index (χ3n) is 7.34. The highest BCUT2D eigenvalue weighted by Gasteiger charge is 2.33. The van der Waals surface area contributed by atoms with Crippen molar-refractivity contribution in [1.29, 1.82) is 0 Å². The van der Waals surface area contributed by atoms with Crippen molar-refractivity contribution < 1.29 is 28.9 Å². The molecular weight excluding hydrogens is 523 g/mol. The highest BCUT2D eigenvalue weighted by molar-refractivity contribution is 6.14. The number of hydrogen-bond donors (Lipinski definition) is 3. The fourth-order valence-electron chi connectivity index (χ4n) is 5.37. The van der Waals surface area contributed by atoms with Crippen molar-refractivity contribution in [3.05, 3.63) is 95.9 Å². The average molecular weight is 557 g/mol. The van der Waals surface area contributed by atoms with Gasteiger partial charge in [0, 0.05) is 30.6 Å². The lowest BCUT2D eigenvalue weighted by Gasteiger charge is -2.30. The second kappa shape index (κ2) is 12.0. The van der Waals surface area contributed by atoms with Crippen LogP contribution in [0, 0.1) is 5.82 Å². The van der Waals surface area contributed by atoms with E-state index in [1.165, 1.54) is 23.1 Å². The number of anilines is 1. The van der Waals surface area contributed by atoms with Crippen LogP contribution in [0.1, 0.15) is 55.1 Å². The number of nitrogens with zero attached hydrogens (tertiary/aromatic N) is 1. The molecule has 0 aliphatic carbocycles. The van der Waals surface area contributed by atoms with Gasteiger partial charge in [0.1, 0.15) is 17.7 Å². The fraction of sp³-hybridized carbons (Fsp3) is 0.273. The number of para-hydroxylation sites is 2. The van der Waals surface area contributed by atoms with Gasteiger partial charge in [-0.05, 0) is 53.4 Å². The summed E-state index contributed by atoms with van der Waals surface area (Å²) in [5, 5.41) is 20.9. The molecule has 3 aromatic carbocycles. The number of phenolic OH excluding ortho intramolecular Hbond substituents is 1. The average Bonchev–Trinajstić information content (AvgIpc) is 3.35. The summed E-state index contributed by atoms with van der Waals surface area (Å²) in [7, 11) is 0. The number of nitrogens with one attached hydrogen (secondary N) is 1. The number of aliphatic hydroxyl groups excluding tert-OH is 1. The van der Waals surface area contributed by atoms with Gasteiger partial charge in [-0.2, -0.15) is 0 Å². The molecule has 0 bridgehead atoms. The van der Waals surface area contributed by atoms with Gasteiger partial charge in [-0.15, -0.1) is 0 Å². The Morgan fingerprint density at radius 1 is 1.02 bits per heavy atom. The van der Waals surface area contributed by atoms with Gasteiger partial charge < -0.3 is 24.8 Å². The van der Waals surface area contributed by atoms with Crippen molar-refractivity contribution in [1.82, 2.24) is 4.98 Å². The number of aromatic amines is 1. The van der Waals surface area contributed by atoms with Crippen LogP contribution < -0.4 is 4.90 Å². The number of carbonyl (C=O) groups is 2. The number of H-pyrrole nitrogens is 1. The van der Waals surface area contributed by atoms with Crippen LogP contribution in [0.4, 0.5) is 10.1 Å². The first-order valence-corrected chi connectivity index (χ1v) is 13.8. The molecule has 0 saturated carbocycles. The first-order chi connectivity index (χ1) is 19.7. The normalized spacial score (nSPS) is 17.0. The molecule has 1 saturated heterocycles. The Bertz CT molecular complexity index is 1530. The number of cyclic esters (lactones) is 1. The summed E-state index contributed by atoms with van der Waals surface area (Å²) in [5.41, 5.74) is 4.35. The minimum Gasteiger partial charge on any atom is -0.506 e. The molecule has 1 fully saturated rings. The summed E-state index contributed by atoms with van der Waals surface area (Å²) in [6, 6.07) is 22.2. The third kappa shape index (κ3) is 6.02. The van der Waals surface area contributed by atoms with Crippen LogP contribution in [-0.2, 0) is 9.53 Å². The van der Waals surface area contributed by atoms with E-state index in [0.29, 0.717) is 28.2 Å². The maximum absolute atomic E-state index is 14.7. The van der Waals surface area contributed by atoms with Gasteiger partial charge in [0.05, 0.1) is 29.5 Å². The van der Waals surface area contributed by atoms with E-state index in [0.717, 1.165) is 11.1 Å². The molecule has 1 aliphatic rings. The molecule has 3 N–H and O–H groups in total. The predicted octanol–water partition coefficient (Wildman–Crippen LogP) is 6.42. The molecule has 2 atom stereocenters. The largest absolute Gasteiger partial charge is 0.506 e. The van der Waals surface area contributed by atoms with Gasteiger partial charge in [0.2, 0.25) is 0 Å². The van der Waals surface area contributed by atoms with E-state index in [1.54, 1.807) is 30.3 Å². The van der Waals surface area contributed by atoms with E-state index in [-0.39, 0.29) is 49.2 Å². The number of ether oxygens (including phenoxy) is 1. The molecule has 0 spiro atoms. The Kier molecular flexibility index (Phi) is 8.21. The van der Waals surface area contributed by atoms with E-state index in [9.17, 15) is 24.2 Å². The SMILES string of the molecule is CC(C)c1[nH]c(-c2ccc(F)cc2)c(-c2ccccc2)c1C(=O)N(CC[C@@H]1C[C@@H](O)CC(=O)O1)c1ccccc1O. The monoisotopic (exact) mass is 556 g/mol. The van der Waals surface area contributed by atoms with Crippen LogP contribution in [0.3, 0.4) is 0 Å². The van der Waals surface area contributed by atoms with Crippen molar-refractivity contribution in [2.45, 2.75) is 51.2 Å². The highest BCUT2D eigenvalue weighted by atomic mass is 19.1. The molecule has 4 aromatic rings. The molecule has 212 valence electrons. The van der Waals surface area contributed by atoms with E-state index < -0.39 is 18.2 Å². The standard InChI is InChI=1S/C33H33FN2O5/c1-20(2)31-30(29(21-8-4-3-5-9-21)32(35-31)22-12-14-23(34)15-13-22)33(40)36(26-10-6-7-11-27(26)38)17-16-25-18-24(37)19-28(39)41-25/h3-15,20,24-25,35,37-38H,16-19H2,1-2H3/t24-,25-/m1/s1. The number of aliphatic hydroxyl groups is 1. The van der Waals surface area contributed by atoms with Crippen LogP contribution >= 0.6 is 0 Å².